The van der Waals surface area contributed by atoms with Crippen LogP contribution in [0.15, 0.2) is 64.2 Å². The molecule has 0 bridgehead atoms. The Balaban J connectivity index is 1.66. The first-order valence-electron chi connectivity index (χ1n) is 8.32. The number of urea groups is 1. The summed E-state index contributed by atoms with van der Waals surface area (Å²) < 4.78 is 10.9. The molecule has 28 heavy (non-hydrogen) atoms. The summed E-state index contributed by atoms with van der Waals surface area (Å²) >= 11 is 1.06. The summed E-state index contributed by atoms with van der Waals surface area (Å²) in [5, 5.41) is 4.72. The van der Waals surface area contributed by atoms with Crippen LogP contribution in [0.4, 0.5) is 4.79 Å². The van der Waals surface area contributed by atoms with E-state index >= 15 is 0 Å². The number of oxazole rings is 1. The van der Waals surface area contributed by atoms with Gasteiger partial charge in [0, 0.05) is 12.6 Å². The molecule has 144 valence electrons. The lowest BCUT2D eigenvalue weighted by Crippen LogP contribution is -2.41. The predicted molar refractivity (Wildman–Crippen MR) is 103 cm³/mol. The van der Waals surface area contributed by atoms with Crippen LogP contribution in [0, 0.1) is 0 Å². The van der Waals surface area contributed by atoms with E-state index in [1.165, 1.54) is 7.05 Å². The maximum Gasteiger partial charge on any atom is 0.321 e. The molecule has 9 heteroatoms. The molecule has 0 radical (unpaired) electrons. The van der Waals surface area contributed by atoms with Crippen LogP contribution in [0.25, 0.3) is 11.1 Å². The molecule has 1 atom stereocenters. The summed E-state index contributed by atoms with van der Waals surface area (Å²) in [6, 6.07) is 15.0. The molecule has 1 heterocycles. The smallest absolute Gasteiger partial charge is 0.321 e. The number of amides is 3. The number of thioether (sulfide) groups is 1. The summed E-state index contributed by atoms with van der Waals surface area (Å²) in [5.74, 6) is -1.50. The van der Waals surface area contributed by atoms with E-state index < -0.39 is 24.0 Å². The maximum atomic E-state index is 12.4. The lowest BCUT2D eigenvalue weighted by molar-refractivity contribution is -0.153. The van der Waals surface area contributed by atoms with Crippen LogP contribution in [0.3, 0.4) is 0 Å². The number of hydrogen-bond donors (Lipinski definition) is 2. The van der Waals surface area contributed by atoms with Crippen LogP contribution < -0.4 is 10.6 Å². The number of aromatic nitrogens is 1. The minimum atomic E-state index is -1.25. The number of nitrogens with zero attached hydrogens (tertiary/aromatic N) is 1. The molecule has 1 aromatic heterocycles. The minimum absolute atomic E-state index is 0.108. The van der Waals surface area contributed by atoms with Crippen molar-refractivity contribution in [3.05, 3.63) is 60.2 Å². The van der Waals surface area contributed by atoms with Crippen LogP contribution in [0.5, 0.6) is 0 Å². The highest BCUT2D eigenvalue weighted by Crippen LogP contribution is 2.24. The Morgan fingerprint density at radius 1 is 1.11 bits per heavy atom. The quantitative estimate of drug-likeness (QED) is 0.484. The first kappa shape index (κ1) is 19.4. The summed E-state index contributed by atoms with van der Waals surface area (Å²) in [4.78, 5) is 40.3. The fourth-order valence-electron chi connectivity index (χ4n) is 2.34. The number of nitrogens with one attached hydrogen (secondary N) is 2. The zero-order valence-corrected chi connectivity index (χ0v) is 15.7. The van der Waals surface area contributed by atoms with Crippen LogP contribution in [-0.4, -0.2) is 35.7 Å². The van der Waals surface area contributed by atoms with Crippen molar-refractivity contribution >= 4 is 40.8 Å². The highest BCUT2D eigenvalue weighted by Gasteiger charge is 2.26. The van der Waals surface area contributed by atoms with Gasteiger partial charge in [-0.05, 0) is 12.1 Å². The number of benzene rings is 2. The van der Waals surface area contributed by atoms with Crippen LogP contribution in [-0.2, 0) is 14.3 Å². The monoisotopic (exact) mass is 399 g/mol. The molecule has 0 spiro atoms. The number of esters is 1. The first-order chi connectivity index (χ1) is 13.6. The van der Waals surface area contributed by atoms with Gasteiger partial charge in [-0.15, -0.1) is 0 Å². The van der Waals surface area contributed by atoms with E-state index in [4.69, 9.17) is 9.15 Å². The van der Waals surface area contributed by atoms with Gasteiger partial charge in [-0.3, -0.25) is 14.9 Å². The second-order valence-corrected chi connectivity index (χ2v) is 6.51. The highest BCUT2D eigenvalue weighted by atomic mass is 32.2. The Morgan fingerprint density at radius 2 is 1.82 bits per heavy atom. The lowest BCUT2D eigenvalue weighted by Gasteiger charge is -2.17. The van der Waals surface area contributed by atoms with Crippen LogP contribution in [0.2, 0.25) is 0 Å². The summed E-state index contributed by atoms with van der Waals surface area (Å²) in [7, 11) is 1.38. The van der Waals surface area contributed by atoms with E-state index in [0.29, 0.717) is 21.9 Å². The third-order valence-electron chi connectivity index (χ3n) is 3.64. The Morgan fingerprint density at radius 3 is 2.54 bits per heavy atom. The Kier molecular flexibility index (Phi) is 6.28. The highest BCUT2D eigenvalue weighted by molar-refractivity contribution is 7.99. The number of fused-ring (bicyclic) bond motifs is 1. The van der Waals surface area contributed by atoms with Crippen molar-refractivity contribution in [2.24, 2.45) is 0 Å². The third kappa shape index (κ3) is 4.89. The molecule has 2 aromatic carbocycles. The molecule has 8 nitrogen and oxygen atoms in total. The van der Waals surface area contributed by atoms with E-state index in [0.717, 1.165) is 11.8 Å². The topological polar surface area (TPSA) is 111 Å². The zero-order valence-electron chi connectivity index (χ0n) is 14.9. The second kappa shape index (κ2) is 9.05. The van der Waals surface area contributed by atoms with Gasteiger partial charge >= 0.3 is 12.0 Å². The van der Waals surface area contributed by atoms with Crippen molar-refractivity contribution in [1.29, 1.82) is 0 Å². The maximum absolute atomic E-state index is 12.4. The van der Waals surface area contributed by atoms with Crippen molar-refractivity contribution in [3.8, 4) is 0 Å². The molecule has 0 aliphatic carbocycles. The standard InChI is InChI=1S/C19H17N3O5S/c1-20-18(25)22-17(24)16(12-7-3-2-4-8-12)27-15(23)11-28-19-21-13-9-5-6-10-14(13)26-19/h2-10,16H,11H2,1H3,(H2,20,22,24,25). The fraction of sp³-hybridized carbons (Fsp3) is 0.158. The number of carbonyl (C=O) groups is 3. The van der Waals surface area contributed by atoms with Crippen LogP contribution in [0.1, 0.15) is 11.7 Å². The molecule has 0 aliphatic heterocycles. The number of ether oxygens (including phenoxy) is 1. The van der Waals surface area contributed by atoms with Crippen molar-refractivity contribution in [2.75, 3.05) is 12.8 Å². The van der Waals surface area contributed by atoms with E-state index in [1.54, 1.807) is 42.5 Å². The van der Waals surface area contributed by atoms with Gasteiger partial charge < -0.3 is 14.5 Å². The molecule has 3 amide bonds. The number of hydrogen-bond acceptors (Lipinski definition) is 7. The van der Waals surface area contributed by atoms with E-state index in [-0.39, 0.29) is 5.75 Å². The van der Waals surface area contributed by atoms with Gasteiger partial charge in [0.25, 0.3) is 11.1 Å². The molecule has 0 fully saturated rings. The summed E-state index contributed by atoms with van der Waals surface area (Å²) in [6.07, 6.45) is -1.25. The van der Waals surface area contributed by atoms with Gasteiger partial charge in [0.2, 0.25) is 6.10 Å². The molecular weight excluding hydrogens is 382 g/mol. The van der Waals surface area contributed by atoms with Crippen molar-refractivity contribution in [1.82, 2.24) is 15.6 Å². The molecule has 2 N–H and O–H groups in total. The number of para-hydroxylation sites is 2. The zero-order chi connectivity index (χ0) is 19.9. The molecule has 0 aliphatic rings. The van der Waals surface area contributed by atoms with E-state index in [2.05, 4.69) is 15.6 Å². The summed E-state index contributed by atoms with van der Waals surface area (Å²) in [5.41, 5.74) is 1.75. The molecule has 0 saturated carbocycles. The summed E-state index contributed by atoms with van der Waals surface area (Å²) in [6.45, 7) is 0. The average Bonchev–Trinajstić information content (AvgIpc) is 3.14. The lowest BCUT2D eigenvalue weighted by atomic mass is 10.1. The van der Waals surface area contributed by atoms with Crippen LogP contribution >= 0.6 is 11.8 Å². The number of rotatable bonds is 6. The van der Waals surface area contributed by atoms with Crippen molar-refractivity contribution < 1.29 is 23.5 Å². The first-order valence-corrected chi connectivity index (χ1v) is 9.30. The SMILES string of the molecule is CNC(=O)NC(=O)C(OC(=O)CSc1nc2ccccc2o1)c1ccccc1. The number of imide groups is 1. The Hall–Kier alpha value is -3.33. The molecule has 3 rings (SSSR count). The largest absolute Gasteiger partial charge is 0.447 e. The second-order valence-electron chi connectivity index (χ2n) is 5.59. The van der Waals surface area contributed by atoms with Crippen molar-refractivity contribution in [2.45, 2.75) is 11.3 Å². The molecule has 1 unspecified atom stereocenters. The fourth-order valence-corrected chi connectivity index (χ4v) is 2.96. The van der Waals surface area contributed by atoms with E-state index in [1.807, 2.05) is 12.1 Å². The van der Waals surface area contributed by atoms with Gasteiger partial charge in [0.05, 0.1) is 0 Å². The van der Waals surface area contributed by atoms with Gasteiger partial charge in [-0.1, -0.05) is 54.2 Å². The molecule has 0 saturated heterocycles. The number of carbonyl (C=O) groups excluding carboxylic acids is 3. The Labute approximate surface area is 164 Å². The van der Waals surface area contributed by atoms with E-state index in [9.17, 15) is 14.4 Å². The average molecular weight is 399 g/mol. The molecular formula is C19H17N3O5S. The van der Waals surface area contributed by atoms with Crippen molar-refractivity contribution in [3.63, 3.8) is 0 Å². The normalized spacial score (nSPS) is 11.6. The minimum Gasteiger partial charge on any atom is -0.447 e. The van der Waals surface area contributed by atoms with Gasteiger partial charge in [-0.25, -0.2) is 9.78 Å². The van der Waals surface area contributed by atoms with Gasteiger partial charge in [-0.2, -0.15) is 0 Å². The molecule has 3 aromatic rings. The predicted octanol–water partition coefficient (Wildman–Crippen LogP) is 2.66. The van der Waals surface area contributed by atoms with Gasteiger partial charge in [0.1, 0.15) is 11.3 Å². The Bertz CT molecular complexity index is 956. The van der Waals surface area contributed by atoms with Gasteiger partial charge in [0.15, 0.2) is 5.58 Å². The third-order valence-corrected chi connectivity index (χ3v) is 4.44.